The van der Waals surface area contributed by atoms with Crippen LogP contribution in [0.25, 0.3) is 0 Å². The van der Waals surface area contributed by atoms with Crippen molar-refractivity contribution in [2.75, 3.05) is 4.90 Å². The third-order valence-electron chi connectivity index (χ3n) is 6.27. The third kappa shape index (κ3) is 5.47. The van der Waals surface area contributed by atoms with Crippen molar-refractivity contribution in [2.45, 2.75) is 57.5 Å². The first-order valence-corrected chi connectivity index (χ1v) is 11.8. The maximum atomic E-state index is 13.8. The Morgan fingerprint density at radius 2 is 1.74 bits per heavy atom. The fourth-order valence-electron chi connectivity index (χ4n) is 4.40. The molecule has 0 saturated heterocycles. The van der Waals surface area contributed by atoms with Crippen LogP contribution in [-0.2, 0) is 11.2 Å². The summed E-state index contributed by atoms with van der Waals surface area (Å²) < 4.78 is 13.8. The van der Waals surface area contributed by atoms with Gasteiger partial charge in [0.2, 0.25) is 5.91 Å². The fourth-order valence-corrected chi connectivity index (χ4v) is 4.40. The van der Waals surface area contributed by atoms with E-state index in [1.165, 1.54) is 35.6 Å². The van der Waals surface area contributed by atoms with Crippen molar-refractivity contribution >= 4 is 17.5 Å². The lowest BCUT2D eigenvalue weighted by atomic mass is 9.94. The monoisotopic (exact) mass is 460 g/mol. The van der Waals surface area contributed by atoms with Crippen molar-refractivity contribution in [2.24, 2.45) is 0 Å². The van der Waals surface area contributed by atoms with Crippen LogP contribution in [0.4, 0.5) is 10.1 Å². The van der Waals surface area contributed by atoms with Crippen molar-refractivity contribution < 1.29 is 14.0 Å². The number of amides is 2. The van der Waals surface area contributed by atoms with E-state index in [1.807, 2.05) is 24.3 Å². The molecule has 2 amide bonds. The first-order chi connectivity index (χ1) is 16.6. The van der Waals surface area contributed by atoms with Crippen LogP contribution >= 0.6 is 0 Å². The molecule has 176 valence electrons. The zero-order chi connectivity index (χ0) is 23.9. The highest BCUT2D eigenvalue weighted by Gasteiger charge is 2.35. The topological polar surface area (TPSA) is 75.2 Å². The normalized spacial score (nSPS) is 14.9. The predicted octanol–water partition coefficient (Wildman–Crippen LogP) is 5.02. The zero-order valence-electron chi connectivity index (χ0n) is 19.3. The van der Waals surface area contributed by atoms with Crippen LogP contribution in [0.1, 0.15) is 66.7 Å². The highest BCUT2D eigenvalue weighted by atomic mass is 19.1. The van der Waals surface area contributed by atoms with Crippen LogP contribution in [0.2, 0.25) is 0 Å². The number of hydrogen-bond acceptors (Lipinski definition) is 4. The minimum absolute atomic E-state index is 0.0557. The number of nitrogens with zero attached hydrogens (tertiary/aromatic N) is 3. The number of halogens is 1. The number of carbonyl (C=O) groups excluding carboxylic acids is 2. The van der Waals surface area contributed by atoms with Gasteiger partial charge in [0.05, 0.1) is 6.20 Å². The molecule has 0 aliphatic heterocycles. The quantitative estimate of drug-likeness (QED) is 0.538. The Morgan fingerprint density at radius 1 is 1.03 bits per heavy atom. The Hall–Kier alpha value is -3.61. The van der Waals surface area contributed by atoms with Gasteiger partial charge in [-0.15, -0.1) is 0 Å². The molecule has 7 heteroatoms. The number of hydrogen-bond donors (Lipinski definition) is 1. The molecule has 1 aliphatic carbocycles. The van der Waals surface area contributed by atoms with Gasteiger partial charge in [-0.25, -0.2) is 9.37 Å². The average Bonchev–Trinajstić information content (AvgIpc) is 2.89. The molecule has 0 radical (unpaired) electrons. The highest BCUT2D eigenvalue weighted by molar-refractivity contribution is 6.09. The molecule has 1 aromatic heterocycles. The molecule has 0 bridgehead atoms. The lowest BCUT2D eigenvalue weighted by molar-refractivity contribution is -0.123. The van der Waals surface area contributed by atoms with Gasteiger partial charge in [0, 0.05) is 24.1 Å². The Morgan fingerprint density at radius 3 is 2.35 bits per heavy atom. The summed E-state index contributed by atoms with van der Waals surface area (Å²) in [6.45, 7) is 2.05. The number of carbonyl (C=O) groups is 2. The third-order valence-corrected chi connectivity index (χ3v) is 6.27. The molecule has 1 fully saturated rings. The molecule has 1 saturated carbocycles. The molecule has 3 aromatic rings. The zero-order valence-corrected chi connectivity index (χ0v) is 19.3. The molecular formula is C27H29FN4O2. The van der Waals surface area contributed by atoms with Gasteiger partial charge in [-0.3, -0.25) is 19.5 Å². The van der Waals surface area contributed by atoms with E-state index in [0.717, 1.165) is 44.1 Å². The van der Waals surface area contributed by atoms with E-state index in [9.17, 15) is 14.0 Å². The van der Waals surface area contributed by atoms with Crippen LogP contribution in [0.3, 0.4) is 0 Å². The summed E-state index contributed by atoms with van der Waals surface area (Å²) in [7, 11) is 0. The molecule has 4 rings (SSSR count). The van der Waals surface area contributed by atoms with Crippen LogP contribution in [0.5, 0.6) is 0 Å². The number of aromatic nitrogens is 2. The summed E-state index contributed by atoms with van der Waals surface area (Å²) in [5, 5.41) is 3.15. The molecule has 1 heterocycles. The van der Waals surface area contributed by atoms with Crippen LogP contribution < -0.4 is 10.2 Å². The van der Waals surface area contributed by atoms with Crippen molar-refractivity contribution in [3.05, 3.63) is 89.8 Å². The van der Waals surface area contributed by atoms with Gasteiger partial charge >= 0.3 is 0 Å². The Bertz CT molecular complexity index is 1100. The van der Waals surface area contributed by atoms with E-state index < -0.39 is 17.8 Å². The summed E-state index contributed by atoms with van der Waals surface area (Å²) in [5.41, 5.74) is 2.31. The summed E-state index contributed by atoms with van der Waals surface area (Å²) >= 11 is 0. The van der Waals surface area contributed by atoms with Crippen LogP contribution in [0.15, 0.2) is 67.1 Å². The summed E-state index contributed by atoms with van der Waals surface area (Å²) in [6.07, 6.45) is 10.3. The van der Waals surface area contributed by atoms with Gasteiger partial charge in [-0.2, -0.15) is 0 Å². The van der Waals surface area contributed by atoms with E-state index in [1.54, 1.807) is 12.1 Å². The number of nitrogens with one attached hydrogen (secondary N) is 1. The van der Waals surface area contributed by atoms with Crippen LogP contribution in [0, 0.1) is 5.82 Å². The maximum Gasteiger partial charge on any atom is 0.279 e. The largest absolute Gasteiger partial charge is 0.351 e. The molecule has 1 N–H and O–H groups in total. The Balaban J connectivity index is 1.79. The summed E-state index contributed by atoms with van der Waals surface area (Å²) in [5.74, 6) is -1.16. The first-order valence-electron chi connectivity index (χ1n) is 11.8. The van der Waals surface area contributed by atoms with Gasteiger partial charge in [-0.1, -0.05) is 50.5 Å². The number of benzene rings is 2. The second-order valence-electron chi connectivity index (χ2n) is 8.58. The second kappa shape index (κ2) is 11.0. The molecule has 0 spiro atoms. The SMILES string of the molecule is CCc1ccc(N(C(=O)c2cnccn2)[C@H](C(=O)NC2CCCCC2)c2ccc(F)cc2)cc1. The lowest BCUT2D eigenvalue weighted by Gasteiger charge is -2.33. The number of anilines is 1. The van der Waals surface area contributed by atoms with Gasteiger partial charge in [-0.05, 0) is 54.7 Å². The smallest absolute Gasteiger partial charge is 0.279 e. The molecule has 1 atom stereocenters. The van der Waals surface area contributed by atoms with Crippen LogP contribution in [-0.4, -0.2) is 27.8 Å². The second-order valence-corrected chi connectivity index (χ2v) is 8.58. The van der Waals surface area contributed by atoms with Gasteiger partial charge in [0.1, 0.15) is 17.6 Å². The standard InChI is InChI=1S/C27H29FN4O2/c1-2-19-8-14-23(15-9-19)32(27(34)24-18-29-16-17-30-24)25(20-10-12-21(28)13-11-20)26(33)31-22-6-4-3-5-7-22/h8-18,22,25H,2-7H2,1H3,(H,31,33)/t25-/m0/s1. The van der Waals surface area contributed by atoms with E-state index in [2.05, 4.69) is 22.2 Å². The van der Waals surface area contributed by atoms with Crippen molar-refractivity contribution in [3.8, 4) is 0 Å². The first kappa shape index (κ1) is 23.5. The van der Waals surface area contributed by atoms with E-state index in [-0.39, 0.29) is 17.6 Å². The van der Waals surface area contributed by atoms with Crippen molar-refractivity contribution in [3.63, 3.8) is 0 Å². The van der Waals surface area contributed by atoms with E-state index in [4.69, 9.17) is 0 Å². The molecule has 34 heavy (non-hydrogen) atoms. The Labute approximate surface area is 199 Å². The lowest BCUT2D eigenvalue weighted by Crippen LogP contribution is -2.47. The fraction of sp³-hybridized carbons (Fsp3) is 0.333. The minimum atomic E-state index is -0.996. The average molecular weight is 461 g/mol. The maximum absolute atomic E-state index is 13.8. The molecule has 6 nitrogen and oxygen atoms in total. The Kier molecular flexibility index (Phi) is 7.62. The van der Waals surface area contributed by atoms with E-state index in [0.29, 0.717) is 11.3 Å². The van der Waals surface area contributed by atoms with Gasteiger partial charge in [0.15, 0.2) is 0 Å². The van der Waals surface area contributed by atoms with Crippen molar-refractivity contribution in [1.82, 2.24) is 15.3 Å². The molecule has 0 unspecified atom stereocenters. The number of rotatable bonds is 7. The minimum Gasteiger partial charge on any atom is -0.351 e. The van der Waals surface area contributed by atoms with Crippen molar-refractivity contribution in [1.29, 1.82) is 0 Å². The van der Waals surface area contributed by atoms with Gasteiger partial charge in [0.25, 0.3) is 5.91 Å². The highest BCUT2D eigenvalue weighted by Crippen LogP contribution is 2.31. The molecular weight excluding hydrogens is 431 g/mol. The predicted molar refractivity (Wildman–Crippen MR) is 129 cm³/mol. The summed E-state index contributed by atoms with van der Waals surface area (Å²) in [6, 6.07) is 12.3. The molecule has 1 aliphatic rings. The molecule has 2 aromatic carbocycles. The van der Waals surface area contributed by atoms with E-state index >= 15 is 0 Å². The number of aryl methyl sites for hydroxylation is 1. The van der Waals surface area contributed by atoms with Gasteiger partial charge < -0.3 is 5.32 Å². The summed E-state index contributed by atoms with van der Waals surface area (Å²) in [4.78, 5) is 37.1.